The van der Waals surface area contributed by atoms with Crippen LogP contribution in [0.1, 0.15) is 0 Å². The van der Waals surface area contributed by atoms with Gasteiger partial charge in [0.15, 0.2) is 6.20 Å². The molecule has 0 saturated carbocycles. The highest BCUT2D eigenvalue weighted by atomic mass is 19.1. The van der Waals surface area contributed by atoms with Crippen molar-refractivity contribution in [3.8, 4) is 0 Å². The molecule has 0 aliphatic heterocycles. The summed E-state index contributed by atoms with van der Waals surface area (Å²) in [6, 6.07) is 2.75. The van der Waals surface area contributed by atoms with Crippen molar-refractivity contribution in [3.05, 3.63) is 34.3 Å². The first kappa shape index (κ1) is 6.60. The first-order chi connectivity index (χ1) is 4.70. The number of nitrogens with zero attached hydrogens (tertiary/aromatic N) is 2. The molecule has 0 aliphatic carbocycles. The van der Waals surface area contributed by atoms with Gasteiger partial charge in [0.05, 0.1) is 12.1 Å². The van der Waals surface area contributed by atoms with Gasteiger partial charge in [0.2, 0.25) is 0 Å². The zero-order chi connectivity index (χ0) is 7.56. The number of nitro groups is 1. The van der Waals surface area contributed by atoms with Crippen molar-refractivity contribution in [2.75, 3.05) is 0 Å². The summed E-state index contributed by atoms with van der Waals surface area (Å²) in [4.78, 5) is 12.4. The molecule has 1 radical (unpaired) electrons. The number of hydrogen-bond donors (Lipinski definition) is 0. The maximum absolute atomic E-state index is 12.1. The largest absolute Gasteiger partial charge is 0.366 e. The molecule has 1 aromatic rings. The molecule has 0 bridgehead atoms. The smallest absolute Gasteiger partial charge is 0.358 e. The standard InChI is InChI=1S/C5H2FN2O2/c6-4-1-2-7-5(3-4)8(9)10/h2-3H. The van der Waals surface area contributed by atoms with Crippen molar-refractivity contribution in [1.82, 2.24) is 4.98 Å². The molecule has 5 heteroatoms. The van der Waals surface area contributed by atoms with E-state index in [4.69, 9.17) is 0 Å². The first-order valence-electron chi connectivity index (χ1n) is 2.38. The van der Waals surface area contributed by atoms with Gasteiger partial charge in [0, 0.05) is 0 Å². The van der Waals surface area contributed by atoms with E-state index in [0.29, 0.717) is 6.07 Å². The summed E-state index contributed by atoms with van der Waals surface area (Å²) >= 11 is 0. The minimum absolute atomic E-state index is 0.503. The molecule has 0 amide bonds. The molecule has 0 atom stereocenters. The van der Waals surface area contributed by atoms with E-state index in [-0.39, 0.29) is 0 Å². The van der Waals surface area contributed by atoms with Crippen LogP contribution >= 0.6 is 0 Å². The predicted molar refractivity (Wildman–Crippen MR) is 29.7 cm³/mol. The van der Waals surface area contributed by atoms with Gasteiger partial charge in [0.1, 0.15) is 5.82 Å². The normalized spacial score (nSPS) is 9.30. The Balaban J connectivity index is 3.07. The van der Waals surface area contributed by atoms with E-state index in [1.54, 1.807) is 0 Å². The molecule has 1 heterocycles. The van der Waals surface area contributed by atoms with Crippen LogP contribution in [0.3, 0.4) is 0 Å². The monoisotopic (exact) mass is 141 g/mol. The minimum atomic E-state index is -0.776. The fourth-order valence-corrected chi connectivity index (χ4v) is 0.452. The molecule has 0 saturated heterocycles. The second-order valence-electron chi connectivity index (χ2n) is 1.51. The number of halogens is 1. The molecule has 0 unspecified atom stereocenters. The van der Waals surface area contributed by atoms with Crippen LogP contribution in [0.2, 0.25) is 0 Å². The quantitative estimate of drug-likeness (QED) is 0.431. The van der Waals surface area contributed by atoms with E-state index in [1.807, 2.05) is 6.07 Å². The van der Waals surface area contributed by atoms with Crippen LogP contribution < -0.4 is 0 Å². The van der Waals surface area contributed by atoms with E-state index >= 15 is 0 Å². The van der Waals surface area contributed by atoms with Crippen molar-refractivity contribution in [2.24, 2.45) is 0 Å². The maximum atomic E-state index is 12.1. The highest BCUT2D eigenvalue weighted by Crippen LogP contribution is 2.05. The van der Waals surface area contributed by atoms with Gasteiger partial charge in [-0.2, -0.15) is 0 Å². The van der Waals surface area contributed by atoms with Gasteiger partial charge in [-0.05, 0) is 9.91 Å². The SMILES string of the molecule is O=[N+]([O-])c1cc(F)[c]cn1. The summed E-state index contributed by atoms with van der Waals surface area (Å²) in [7, 11) is 0. The Morgan fingerprint density at radius 1 is 1.80 bits per heavy atom. The van der Waals surface area contributed by atoms with Crippen LogP contribution in [0.4, 0.5) is 10.2 Å². The summed E-state index contributed by atoms with van der Waals surface area (Å²) < 4.78 is 12.1. The molecular formula is C5H2FN2O2. The number of rotatable bonds is 1. The van der Waals surface area contributed by atoms with Crippen LogP contribution in [0.15, 0.2) is 12.3 Å². The van der Waals surface area contributed by atoms with Crippen LogP contribution in [-0.4, -0.2) is 9.91 Å². The van der Waals surface area contributed by atoms with Gasteiger partial charge in [-0.25, -0.2) is 4.39 Å². The zero-order valence-corrected chi connectivity index (χ0v) is 4.74. The minimum Gasteiger partial charge on any atom is -0.358 e. The molecule has 1 aromatic heterocycles. The van der Waals surface area contributed by atoms with E-state index in [9.17, 15) is 14.5 Å². The van der Waals surface area contributed by atoms with Crippen molar-refractivity contribution in [1.29, 1.82) is 0 Å². The lowest BCUT2D eigenvalue weighted by molar-refractivity contribution is -0.389. The van der Waals surface area contributed by atoms with E-state index in [0.717, 1.165) is 6.20 Å². The second kappa shape index (κ2) is 2.38. The topological polar surface area (TPSA) is 56.0 Å². The molecule has 4 nitrogen and oxygen atoms in total. The molecule has 10 heavy (non-hydrogen) atoms. The Morgan fingerprint density at radius 3 is 2.90 bits per heavy atom. The van der Waals surface area contributed by atoms with Crippen LogP contribution in [0.25, 0.3) is 0 Å². The van der Waals surface area contributed by atoms with Gasteiger partial charge in [-0.3, -0.25) is 0 Å². The average Bonchev–Trinajstić information content (AvgIpc) is 1.88. The van der Waals surface area contributed by atoms with Crippen LogP contribution in [0, 0.1) is 22.0 Å². The van der Waals surface area contributed by atoms with E-state index < -0.39 is 16.6 Å². The third-order valence-corrected chi connectivity index (χ3v) is 0.842. The summed E-state index contributed by atoms with van der Waals surface area (Å²) in [6.45, 7) is 0. The molecule has 1 rings (SSSR count). The molecule has 0 N–H and O–H groups in total. The Kier molecular flexibility index (Phi) is 1.57. The second-order valence-corrected chi connectivity index (χ2v) is 1.51. The average molecular weight is 141 g/mol. The lowest BCUT2D eigenvalue weighted by Crippen LogP contribution is -1.91. The molecule has 0 aliphatic rings. The first-order valence-corrected chi connectivity index (χ1v) is 2.38. The number of aromatic nitrogens is 1. The Labute approximate surface area is 55.5 Å². The molecule has 51 valence electrons. The fourth-order valence-electron chi connectivity index (χ4n) is 0.452. The summed E-state index contributed by atoms with van der Waals surface area (Å²) in [5.74, 6) is -1.28. The summed E-state index contributed by atoms with van der Waals surface area (Å²) in [5.41, 5.74) is 0. The van der Waals surface area contributed by atoms with Gasteiger partial charge in [0.25, 0.3) is 0 Å². The molecule has 0 aromatic carbocycles. The van der Waals surface area contributed by atoms with Gasteiger partial charge < -0.3 is 10.1 Å². The lowest BCUT2D eigenvalue weighted by Gasteiger charge is -1.88. The Hall–Kier alpha value is -1.52. The maximum Gasteiger partial charge on any atom is 0.366 e. The molecule has 0 fully saturated rings. The molecular weight excluding hydrogens is 139 g/mol. The van der Waals surface area contributed by atoms with E-state index in [2.05, 4.69) is 4.98 Å². The highest BCUT2D eigenvalue weighted by Gasteiger charge is 2.05. The third-order valence-electron chi connectivity index (χ3n) is 0.842. The van der Waals surface area contributed by atoms with E-state index in [1.165, 1.54) is 0 Å². The van der Waals surface area contributed by atoms with Crippen LogP contribution in [0.5, 0.6) is 0 Å². The van der Waals surface area contributed by atoms with Gasteiger partial charge in [-0.15, -0.1) is 0 Å². The Bertz CT molecular complexity index is 264. The van der Waals surface area contributed by atoms with Gasteiger partial charge >= 0.3 is 5.82 Å². The van der Waals surface area contributed by atoms with Crippen molar-refractivity contribution < 1.29 is 9.31 Å². The summed E-state index contributed by atoms with van der Waals surface area (Å²) in [6.07, 6.45) is 0.924. The fraction of sp³-hybridized carbons (Fsp3) is 0. The summed E-state index contributed by atoms with van der Waals surface area (Å²) in [5, 5.41) is 9.92. The van der Waals surface area contributed by atoms with Crippen LogP contribution in [-0.2, 0) is 0 Å². The highest BCUT2D eigenvalue weighted by molar-refractivity contribution is 5.17. The zero-order valence-electron chi connectivity index (χ0n) is 4.74. The van der Waals surface area contributed by atoms with Crippen molar-refractivity contribution in [3.63, 3.8) is 0 Å². The lowest BCUT2D eigenvalue weighted by atomic mass is 10.4. The van der Waals surface area contributed by atoms with Crippen molar-refractivity contribution in [2.45, 2.75) is 0 Å². The van der Waals surface area contributed by atoms with Gasteiger partial charge in [-0.1, -0.05) is 0 Å². The predicted octanol–water partition coefficient (Wildman–Crippen LogP) is 0.929. The molecule has 0 spiro atoms. The third kappa shape index (κ3) is 1.25. The number of pyridine rings is 1. The Morgan fingerprint density at radius 2 is 2.50 bits per heavy atom. The van der Waals surface area contributed by atoms with Crippen molar-refractivity contribution >= 4 is 5.82 Å². The number of hydrogen-bond acceptors (Lipinski definition) is 3.